The summed E-state index contributed by atoms with van der Waals surface area (Å²) >= 11 is 0. The first-order valence-corrected chi connectivity index (χ1v) is 30.1. The van der Waals surface area contributed by atoms with E-state index in [9.17, 15) is 0 Å². The largest absolute Gasteiger partial charge is 0.309 e. The van der Waals surface area contributed by atoms with Gasteiger partial charge in [0.05, 0.1) is 22.1 Å². The molecule has 0 spiro atoms. The molecule has 0 saturated carbocycles. The van der Waals surface area contributed by atoms with Crippen molar-refractivity contribution in [2.24, 2.45) is 0 Å². The molecule has 5 nitrogen and oxygen atoms in total. The van der Waals surface area contributed by atoms with Crippen LogP contribution in [0.15, 0.2) is 273 Å². The summed E-state index contributed by atoms with van der Waals surface area (Å²) in [5, 5.41) is 15.9. The van der Waals surface area contributed by atoms with Crippen molar-refractivity contribution in [2.75, 3.05) is 0 Å². The van der Waals surface area contributed by atoms with Gasteiger partial charge in [-0.25, -0.2) is 15.0 Å². The lowest BCUT2D eigenvalue weighted by Crippen LogP contribution is -2.76. The molecule has 2 atom stereocenters. The minimum atomic E-state index is -3.01. The van der Waals surface area contributed by atoms with E-state index < -0.39 is 16.1 Å². The molecule has 354 valence electrons. The molecule has 5 heterocycles. The van der Waals surface area contributed by atoms with Gasteiger partial charge in [-0.3, -0.25) is 0 Å². The van der Waals surface area contributed by atoms with Crippen molar-refractivity contribution in [2.45, 2.75) is 0 Å². The lowest BCUT2D eigenvalue weighted by molar-refractivity contribution is 1.07. The van der Waals surface area contributed by atoms with E-state index in [2.05, 4.69) is 276 Å². The number of aromatic nitrogens is 5. The molecule has 2 aliphatic heterocycles. The van der Waals surface area contributed by atoms with Gasteiger partial charge in [0.25, 0.3) is 0 Å². The Bertz CT molecular complexity index is 4650. The van der Waals surface area contributed by atoms with Crippen LogP contribution in [0.2, 0.25) is 0 Å². The zero-order chi connectivity index (χ0) is 50.0. The lowest BCUT2D eigenvalue weighted by atomic mass is 10.1. The monoisotopic (exact) mass is 999 g/mol. The Morgan fingerprint density at radius 1 is 0.250 bits per heavy atom. The van der Waals surface area contributed by atoms with Crippen LogP contribution in [-0.2, 0) is 0 Å². The van der Waals surface area contributed by atoms with Crippen LogP contribution in [0.4, 0.5) is 0 Å². The highest BCUT2D eigenvalue weighted by atomic mass is 28.3. The molecule has 2 aliphatic rings. The second-order valence-corrected chi connectivity index (χ2v) is 27.7. The van der Waals surface area contributed by atoms with Crippen LogP contribution in [0, 0.1) is 0 Å². The van der Waals surface area contributed by atoms with Gasteiger partial charge in [-0.15, -0.1) is 0 Å². The molecule has 16 rings (SSSR count). The molecule has 14 aromatic rings. The Morgan fingerprint density at radius 3 is 1.14 bits per heavy atom. The minimum absolute atomic E-state index is 0.634. The fraction of sp³-hybridized carbons (Fsp3) is 0. The van der Waals surface area contributed by atoms with E-state index in [1.165, 1.54) is 96.5 Å². The summed E-state index contributed by atoms with van der Waals surface area (Å²) in [5.41, 5.74) is 10.3. The van der Waals surface area contributed by atoms with Crippen molar-refractivity contribution >= 4 is 101 Å². The van der Waals surface area contributed by atoms with Gasteiger partial charge in [0.1, 0.15) is 0 Å². The van der Waals surface area contributed by atoms with Gasteiger partial charge in [0.2, 0.25) is 0 Å². The Morgan fingerprint density at radius 2 is 0.605 bits per heavy atom. The maximum atomic E-state index is 5.46. The highest BCUT2D eigenvalue weighted by Crippen LogP contribution is 2.37. The highest BCUT2D eigenvalue weighted by molar-refractivity contribution is 7.22. The smallest absolute Gasteiger partial charge is 0.184 e. The molecule has 3 aromatic heterocycles. The second kappa shape index (κ2) is 16.5. The van der Waals surface area contributed by atoms with E-state index in [-0.39, 0.29) is 0 Å². The number of benzene rings is 11. The summed E-state index contributed by atoms with van der Waals surface area (Å²) in [7, 11) is -5.94. The summed E-state index contributed by atoms with van der Waals surface area (Å²) in [5.74, 6) is 1.91. The summed E-state index contributed by atoms with van der Waals surface area (Å²) < 4.78 is 5.03. The zero-order valence-corrected chi connectivity index (χ0v) is 43.2. The second-order valence-electron chi connectivity index (χ2n) is 20.2. The average molecular weight is 1000 g/mol. The van der Waals surface area contributed by atoms with E-state index in [1.807, 2.05) is 6.07 Å². The number of rotatable bonds is 7. The third-order valence-electron chi connectivity index (χ3n) is 16.5. The standard InChI is InChI=1S/C69H45N5Si2/c1-4-21-46(22-5-1)67-70-68(47-41-43-51(44-42-47)75(49-24-6-2-7-25-49)61-37-16-14-35-59(61)73-57-33-12-10-29-53(57)55-31-19-39-63(75)65(55)73)72-69(71-67)48-23-18-28-52(45-48)76(50-26-8-3-9-27-50)62-38-17-15-36-60(62)74-58-34-13-11-30-54(58)56-32-20-40-64(76)66(56)74/h1-45H. The van der Waals surface area contributed by atoms with E-state index in [4.69, 9.17) is 15.0 Å². The van der Waals surface area contributed by atoms with Crippen LogP contribution in [0.1, 0.15) is 0 Å². The summed E-state index contributed by atoms with van der Waals surface area (Å²) in [4.78, 5) is 16.1. The molecular formula is C69H45N5Si2. The topological polar surface area (TPSA) is 48.5 Å². The van der Waals surface area contributed by atoms with Crippen LogP contribution in [0.5, 0.6) is 0 Å². The van der Waals surface area contributed by atoms with Gasteiger partial charge < -0.3 is 9.13 Å². The molecule has 2 unspecified atom stereocenters. The lowest BCUT2D eigenvalue weighted by Gasteiger charge is -2.39. The Kier molecular flexibility index (Phi) is 9.31. The minimum Gasteiger partial charge on any atom is -0.309 e. The molecule has 0 saturated heterocycles. The first-order chi connectivity index (χ1) is 37.7. The SMILES string of the molecule is c1ccc(-c2nc(-c3ccc([Si]4(c5ccccc5)c5ccccc5-n5c6ccccc6c6cccc4c65)cc3)nc(-c3cccc([Si]4(c5ccccc5)c5ccccc5-n5c6ccccc6c6cccc4c65)c3)n2)cc1. The predicted octanol–water partition coefficient (Wildman–Crippen LogP) is 10.4. The normalized spacial score (nSPS) is 16.3. The quantitative estimate of drug-likeness (QED) is 0.150. The number of hydrogen-bond donors (Lipinski definition) is 0. The molecule has 0 N–H and O–H groups in total. The van der Waals surface area contributed by atoms with E-state index in [0.717, 1.165) is 16.7 Å². The third-order valence-corrected chi connectivity index (χ3v) is 26.2. The summed E-state index contributed by atoms with van der Waals surface area (Å²) in [6.45, 7) is 0. The van der Waals surface area contributed by atoms with Crippen LogP contribution in [0.3, 0.4) is 0 Å². The summed E-state index contributed by atoms with van der Waals surface area (Å²) in [6, 6.07) is 101. The summed E-state index contributed by atoms with van der Waals surface area (Å²) in [6.07, 6.45) is 0. The average Bonchev–Trinajstić information content (AvgIpc) is 4.23. The molecule has 0 fully saturated rings. The maximum absolute atomic E-state index is 5.46. The van der Waals surface area contributed by atoms with E-state index in [1.54, 1.807) is 0 Å². The van der Waals surface area contributed by atoms with E-state index >= 15 is 0 Å². The zero-order valence-electron chi connectivity index (χ0n) is 41.2. The first-order valence-electron chi connectivity index (χ1n) is 26.1. The molecular weight excluding hydrogens is 955 g/mol. The molecule has 7 heteroatoms. The maximum Gasteiger partial charge on any atom is 0.184 e. The highest BCUT2D eigenvalue weighted by Gasteiger charge is 2.49. The molecule has 0 amide bonds. The van der Waals surface area contributed by atoms with E-state index in [0.29, 0.717) is 17.5 Å². The van der Waals surface area contributed by atoms with Crippen molar-refractivity contribution in [3.63, 3.8) is 0 Å². The number of hydrogen-bond acceptors (Lipinski definition) is 3. The fourth-order valence-electron chi connectivity index (χ4n) is 13.5. The number of para-hydroxylation sites is 6. The van der Waals surface area contributed by atoms with Gasteiger partial charge in [0.15, 0.2) is 33.6 Å². The third kappa shape index (κ3) is 5.86. The van der Waals surface area contributed by atoms with Crippen LogP contribution in [-0.4, -0.2) is 40.2 Å². The molecule has 0 aliphatic carbocycles. The molecule has 11 aromatic carbocycles. The first kappa shape index (κ1) is 42.9. The molecule has 0 radical (unpaired) electrons. The molecule has 76 heavy (non-hydrogen) atoms. The van der Waals surface area contributed by atoms with Crippen LogP contribution >= 0.6 is 0 Å². The fourth-order valence-corrected chi connectivity index (χ4v) is 23.7. The predicted molar refractivity (Wildman–Crippen MR) is 319 cm³/mol. The molecule has 0 bridgehead atoms. The van der Waals surface area contributed by atoms with Crippen LogP contribution < -0.4 is 41.5 Å². The van der Waals surface area contributed by atoms with Crippen molar-refractivity contribution in [3.8, 4) is 45.5 Å². The van der Waals surface area contributed by atoms with Gasteiger partial charge >= 0.3 is 0 Å². The Hall–Kier alpha value is -9.54. The van der Waals surface area contributed by atoms with Gasteiger partial charge in [-0.05, 0) is 65.8 Å². The van der Waals surface area contributed by atoms with Crippen molar-refractivity contribution < 1.29 is 0 Å². The van der Waals surface area contributed by atoms with Crippen LogP contribution in [0.25, 0.3) is 89.2 Å². The Labute approximate surface area is 441 Å². The van der Waals surface area contributed by atoms with Gasteiger partial charge in [-0.1, -0.05) is 249 Å². The Balaban J connectivity index is 0.900. The van der Waals surface area contributed by atoms with Gasteiger partial charge in [0, 0.05) is 49.6 Å². The van der Waals surface area contributed by atoms with Crippen molar-refractivity contribution in [1.29, 1.82) is 0 Å². The van der Waals surface area contributed by atoms with Crippen molar-refractivity contribution in [3.05, 3.63) is 273 Å². The number of nitrogens with zero attached hydrogens (tertiary/aromatic N) is 5. The number of fused-ring (bicyclic) bond motifs is 10. The van der Waals surface area contributed by atoms with Gasteiger partial charge in [-0.2, -0.15) is 0 Å². The van der Waals surface area contributed by atoms with Crippen molar-refractivity contribution in [1.82, 2.24) is 24.1 Å².